The van der Waals surface area contributed by atoms with Gasteiger partial charge in [-0.25, -0.2) is 0 Å². The number of amides is 1. The Bertz CT molecular complexity index is 449. The number of carbonyl (C=O) groups excluding carboxylic acids is 1. The summed E-state index contributed by atoms with van der Waals surface area (Å²) in [5.74, 6) is 6.70. The number of rotatable bonds is 4. The molecule has 1 aromatic carbocycles. The topological polar surface area (TPSA) is 29.1 Å². The molecule has 0 atom stereocenters. The van der Waals surface area contributed by atoms with Gasteiger partial charge < -0.3 is 5.32 Å². The fourth-order valence-corrected chi connectivity index (χ4v) is 1.61. The standard InChI is InChI=1S/C16H21NO.C3H8.C2H6/c1-4-16(18)17-11-5-6-14-7-9-15(10-8-14)12-13(2)3;1-3-2;1-2/h7-10,13H,4,11-12H2,1-3H3,(H,17,18);3H2,1-2H3;1-2H3. The molecule has 130 valence electrons. The van der Waals surface area contributed by atoms with Crippen LogP contribution >= 0.6 is 0 Å². The lowest BCUT2D eigenvalue weighted by Gasteiger charge is -2.04. The monoisotopic (exact) mass is 317 g/mol. The minimum absolute atomic E-state index is 0.0385. The van der Waals surface area contributed by atoms with Crippen LogP contribution in [-0.4, -0.2) is 12.5 Å². The zero-order valence-corrected chi connectivity index (χ0v) is 16.1. The summed E-state index contributed by atoms with van der Waals surface area (Å²) >= 11 is 0. The van der Waals surface area contributed by atoms with Gasteiger partial charge in [0.25, 0.3) is 0 Å². The Kier molecular flexibility index (Phi) is 17.0. The lowest BCUT2D eigenvalue weighted by atomic mass is 10.0. The van der Waals surface area contributed by atoms with Gasteiger partial charge in [-0.15, -0.1) is 0 Å². The van der Waals surface area contributed by atoms with Crippen LogP contribution in [0, 0.1) is 17.8 Å². The van der Waals surface area contributed by atoms with Gasteiger partial charge in [0.1, 0.15) is 0 Å². The maximum atomic E-state index is 11.0. The Morgan fingerprint density at radius 2 is 1.61 bits per heavy atom. The lowest BCUT2D eigenvalue weighted by molar-refractivity contribution is -0.120. The van der Waals surface area contributed by atoms with Crippen LogP contribution in [0.2, 0.25) is 0 Å². The molecule has 23 heavy (non-hydrogen) atoms. The molecule has 1 amide bonds. The highest BCUT2D eigenvalue weighted by molar-refractivity contribution is 5.75. The van der Waals surface area contributed by atoms with Gasteiger partial charge in [-0.05, 0) is 30.0 Å². The molecule has 0 spiro atoms. The van der Waals surface area contributed by atoms with E-state index in [4.69, 9.17) is 0 Å². The van der Waals surface area contributed by atoms with Crippen LogP contribution in [-0.2, 0) is 11.2 Å². The summed E-state index contributed by atoms with van der Waals surface area (Å²) in [6, 6.07) is 8.31. The van der Waals surface area contributed by atoms with Crippen molar-refractivity contribution in [2.45, 2.75) is 67.7 Å². The fraction of sp³-hybridized carbons (Fsp3) is 0.571. The summed E-state index contributed by atoms with van der Waals surface area (Å²) < 4.78 is 0. The molecule has 2 heteroatoms. The second-order valence-electron chi connectivity index (χ2n) is 5.43. The highest BCUT2D eigenvalue weighted by Gasteiger charge is 1.97. The van der Waals surface area contributed by atoms with Gasteiger partial charge in [-0.2, -0.15) is 0 Å². The molecule has 0 bridgehead atoms. The third-order valence-electron chi connectivity index (χ3n) is 2.53. The first-order valence-electron chi connectivity index (χ1n) is 8.87. The largest absolute Gasteiger partial charge is 0.345 e. The molecule has 0 heterocycles. The number of benzene rings is 1. The van der Waals surface area contributed by atoms with Crippen molar-refractivity contribution in [1.82, 2.24) is 5.32 Å². The maximum Gasteiger partial charge on any atom is 0.220 e. The normalized spacial score (nSPS) is 8.70. The second kappa shape index (κ2) is 16.6. The Morgan fingerprint density at radius 1 is 1.09 bits per heavy atom. The van der Waals surface area contributed by atoms with Gasteiger partial charge in [0.15, 0.2) is 0 Å². The molecule has 0 aliphatic rings. The van der Waals surface area contributed by atoms with E-state index >= 15 is 0 Å². The molecule has 0 saturated heterocycles. The highest BCUT2D eigenvalue weighted by Crippen LogP contribution is 2.08. The average molecular weight is 318 g/mol. The van der Waals surface area contributed by atoms with Crippen molar-refractivity contribution >= 4 is 5.91 Å². The Balaban J connectivity index is 0. The number of nitrogens with one attached hydrogen (secondary N) is 1. The molecular weight excluding hydrogens is 282 g/mol. The van der Waals surface area contributed by atoms with Crippen LogP contribution in [0.5, 0.6) is 0 Å². The van der Waals surface area contributed by atoms with Crippen molar-refractivity contribution in [2.24, 2.45) is 5.92 Å². The third kappa shape index (κ3) is 14.9. The maximum absolute atomic E-state index is 11.0. The van der Waals surface area contributed by atoms with Crippen LogP contribution in [0.25, 0.3) is 0 Å². The minimum atomic E-state index is 0.0385. The summed E-state index contributed by atoms with van der Waals surface area (Å²) in [6.45, 7) is 14.9. The van der Waals surface area contributed by atoms with E-state index in [9.17, 15) is 4.79 Å². The SMILES string of the molecule is CC.CCC.CCC(=O)NCC#Cc1ccc(CC(C)C)cc1. The summed E-state index contributed by atoms with van der Waals surface area (Å²) in [7, 11) is 0. The van der Waals surface area contributed by atoms with Gasteiger partial charge >= 0.3 is 0 Å². The smallest absolute Gasteiger partial charge is 0.220 e. The first-order chi connectivity index (χ1) is 11.0. The minimum Gasteiger partial charge on any atom is -0.345 e. The molecule has 1 rings (SSSR count). The quantitative estimate of drug-likeness (QED) is 0.759. The summed E-state index contributed by atoms with van der Waals surface area (Å²) in [4.78, 5) is 11.0. The zero-order chi connectivity index (χ0) is 18.1. The van der Waals surface area contributed by atoms with Crippen LogP contribution in [0.3, 0.4) is 0 Å². The van der Waals surface area contributed by atoms with Gasteiger partial charge in [0.05, 0.1) is 6.54 Å². The summed E-state index contributed by atoms with van der Waals surface area (Å²) in [5.41, 5.74) is 2.34. The second-order valence-corrected chi connectivity index (χ2v) is 5.43. The number of hydrogen-bond donors (Lipinski definition) is 1. The van der Waals surface area contributed by atoms with E-state index in [0.717, 1.165) is 12.0 Å². The lowest BCUT2D eigenvalue weighted by Crippen LogP contribution is -2.22. The van der Waals surface area contributed by atoms with Crippen LogP contribution in [0.1, 0.15) is 72.4 Å². The number of carbonyl (C=O) groups is 1. The molecule has 1 aromatic rings. The molecule has 0 aromatic heterocycles. The Labute approximate surface area is 144 Å². The Morgan fingerprint density at radius 3 is 2.04 bits per heavy atom. The van der Waals surface area contributed by atoms with Crippen molar-refractivity contribution in [2.75, 3.05) is 6.54 Å². The molecule has 0 radical (unpaired) electrons. The van der Waals surface area contributed by atoms with Gasteiger partial charge in [-0.1, -0.05) is 78.9 Å². The predicted molar refractivity (Wildman–Crippen MR) is 102 cm³/mol. The molecule has 0 aliphatic carbocycles. The third-order valence-corrected chi connectivity index (χ3v) is 2.53. The van der Waals surface area contributed by atoms with Crippen molar-refractivity contribution in [3.8, 4) is 11.8 Å². The van der Waals surface area contributed by atoms with Crippen molar-refractivity contribution in [1.29, 1.82) is 0 Å². The highest BCUT2D eigenvalue weighted by atomic mass is 16.1. The molecule has 1 N–H and O–H groups in total. The molecule has 0 fully saturated rings. The van der Waals surface area contributed by atoms with E-state index in [1.807, 2.05) is 32.9 Å². The van der Waals surface area contributed by atoms with Crippen LogP contribution in [0.4, 0.5) is 0 Å². The molecule has 0 saturated carbocycles. The van der Waals surface area contributed by atoms with E-state index in [2.05, 4.69) is 57.0 Å². The van der Waals surface area contributed by atoms with Gasteiger partial charge in [0.2, 0.25) is 5.91 Å². The molecule has 2 nitrogen and oxygen atoms in total. The van der Waals surface area contributed by atoms with E-state index < -0.39 is 0 Å². The van der Waals surface area contributed by atoms with E-state index in [0.29, 0.717) is 18.9 Å². The fourth-order valence-electron chi connectivity index (χ4n) is 1.61. The van der Waals surface area contributed by atoms with E-state index in [1.54, 1.807) is 0 Å². The number of hydrogen-bond acceptors (Lipinski definition) is 1. The zero-order valence-electron chi connectivity index (χ0n) is 16.1. The molecule has 0 aliphatic heterocycles. The Hall–Kier alpha value is -1.75. The van der Waals surface area contributed by atoms with Crippen molar-refractivity contribution in [3.63, 3.8) is 0 Å². The predicted octanol–water partition coefficient (Wildman–Crippen LogP) is 5.21. The first-order valence-corrected chi connectivity index (χ1v) is 8.87. The van der Waals surface area contributed by atoms with Crippen molar-refractivity contribution in [3.05, 3.63) is 35.4 Å². The molecular formula is C21H35NO. The summed E-state index contributed by atoms with van der Waals surface area (Å²) in [5, 5.41) is 2.73. The van der Waals surface area contributed by atoms with E-state index in [1.165, 1.54) is 12.0 Å². The molecule has 0 unspecified atom stereocenters. The van der Waals surface area contributed by atoms with Gasteiger partial charge in [0, 0.05) is 12.0 Å². The first kappa shape index (κ1) is 23.5. The summed E-state index contributed by atoms with van der Waals surface area (Å²) in [6.07, 6.45) is 2.85. The van der Waals surface area contributed by atoms with E-state index in [-0.39, 0.29) is 5.91 Å². The van der Waals surface area contributed by atoms with Gasteiger partial charge in [-0.3, -0.25) is 4.79 Å². The average Bonchev–Trinajstić information content (AvgIpc) is 2.55. The van der Waals surface area contributed by atoms with Crippen LogP contribution in [0.15, 0.2) is 24.3 Å². The van der Waals surface area contributed by atoms with Crippen molar-refractivity contribution < 1.29 is 4.79 Å². The van der Waals surface area contributed by atoms with Crippen LogP contribution < -0.4 is 5.32 Å².